The summed E-state index contributed by atoms with van der Waals surface area (Å²) < 4.78 is 0. The third-order valence-corrected chi connectivity index (χ3v) is 3.71. The molecular weight excluding hydrogens is 240 g/mol. The molecule has 0 saturated carbocycles. The highest BCUT2D eigenvalue weighted by molar-refractivity contribution is 5.82. The van der Waals surface area contributed by atoms with Gasteiger partial charge in [0.2, 0.25) is 5.91 Å². The lowest BCUT2D eigenvalue weighted by Gasteiger charge is -2.27. The monoisotopic (exact) mass is 262 g/mol. The molecule has 1 aliphatic heterocycles. The highest BCUT2D eigenvalue weighted by Crippen LogP contribution is 2.16. The number of hydrogen-bond donors (Lipinski definition) is 3. The quantitative estimate of drug-likeness (QED) is 0.741. The molecule has 4 nitrogen and oxygen atoms in total. The first-order valence-electron chi connectivity index (χ1n) is 6.96. The molecule has 1 amide bonds. The fraction of sp³-hybridized carbons (Fsp3) is 0.533. The maximum Gasteiger partial charge on any atom is 0.237 e. The Morgan fingerprint density at radius 1 is 1.47 bits per heavy atom. The van der Waals surface area contributed by atoms with E-state index in [9.17, 15) is 4.79 Å². The van der Waals surface area contributed by atoms with Gasteiger partial charge in [-0.15, -0.1) is 0 Å². The summed E-state index contributed by atoms with van der Waals surface area (Å²) in [4.78, 5) is 12.2. The highest BCUT2D eigenvalue weighted by atomic mass is 16.3. The van der Waals surface area contributed by atoms with Crippen LogP contribution < -0.4 is 10.6 Å². The first kappa shape index (κ1) is 14.0. The first-order valence-corrected chi connectivity index (χ1v) is 6.96. The van der Waals surface area contributed by atoms with Crippen molar-refractivity contribution in [2.24, 2.45) is 0 Å². The molecule has 19 heavy (non-hydrogen) atoms. The van der Waals surface area contributed by atoms with Crippen LogP contribution in [0, 0.1) is 0 Å². The van der Waals surface area contributed by atoms with Gasteiger partial charge in [0.25, 0.3) is 0 Å². The van der Waals surface area contributed by atoms with Crippen LogP contribution in [0.15, 0.2) is 24.3 Å². The second kappa shape index (κ2) is 6.68. The van der Waals surface area contributed by atoms with Crippen LogP contribution in [0.1, 0.15) is 30.9 Å². The van der Waals surface area contributed by atoms with Crippen molar-refractivity contribution in [1.82, 2.24) is 10.6 Å². The number of carbonyl (C=O) groups is 1. The van der Waals surface area contributed by atoms with Gasteiger partial charge < -0.3 is 15.7 Å². The van der Waals surface area contributed by atoms with Crippen LogP contribution in [0.5, 0.6) is 0 Å². The molecule has 1 heterocycles. The Kier molecular flexibility index (Phi) is 4.93. The van der Waals surface area contributed by atoms with E-state index < -0.39 is 0 Å². The first-order chi connectivity index (χ1) is 9.24. The molecule has 2 rings (SSSR count). The number of amides is 1. The predicted molar refractivity (Wildman–Crippen MR) is 74.7 cm³/mol. The maximum absolute atomic E-state index is 12.2. The molecule has 0 aliphatic carbocycles. The summed E-state index contributed by atoms with van der Waals surface area (Å²) in [6, 6.07) is 8.12. The standard InChI is InChI=1S/C15H22N2O2/c1-2-13(7-8-18)17-15(19)14-9-11-5-3-4-6-12(11)10-16-14/h3-6,13-14,16,18H,2,7-10H2,1H3,(H,17,19)/t13?,14-/m1/s1. The van der Waals surface area contributed by atoms with Crippen molar-refractivity contribution in [1.29, 1.82) is 0 Å². The summed E-state index contributed by atoms with van der Waals surface area (Å²) in [5.41, 5.74) is 2.52. The van der Waals surface area contributed by atoms with Crippen LogP contribution in [0.25, 0.3) is 0 Å². The van der Waals surface area contributed by atoms with Crippen LogP contribution in [0.2, 0.25) is 0 Å². The van der Waals surface area contributed by atoms with Crippen LogP contribution in [0.3, 0.4) is 0 Å². The second-order valence-corrected chi connectivity index (χ2v) is 5.03. The second-order valence-electron chi connectivity index (χ2n) is 5.03. The molecule has 1 aliphatic rings. The molecule has 104 valence electrons. The van der Waals surface area contributed by atoms with E-state index in [1.54, 1.807) is 0 Å². The van der Waals surface area contributed by atoms with Gasteiger partial charge >= 0.3 is 0 Å². The minimum atomic E-state index is -0.164. The van der Waals surface area contributed by atoms with E-state index in [1.165, 1.54) is 11.1 Å². The summed E-state index contributed by atoms with van der Waals surface area (Å²) in [6.07, 6.45) is 2.19. The molecular formula is C15H22N2O2. The van der Waals surface area contributed by atoms with E-state index in [1.807, 2.05) is 19.1 Å². The number of rotatable bonds is 5. The van der Waals surface area contributed by atoms with Gasteiger partial charge in [0.1, 0.15) is 0 Å². The van der Waals surface area contributed by atoms with E-state index >= 15 is 0 Å². The normalized spacial score (nSPS) is 19.6. The van der Waals surface area contributed by atoms with Crippen LogP contribution in [-0.4, -0.2) is 29.7 Å². The van der Waals surface area contributed by atoms with Crippen molar-refractivity contribution in [2.45, 2.75) is 44.8 Å². The van der Waals surface area contributed by atoms with Crippen molar-refractivity contribution < 1.29 is 9.90 Å². The van der Waals surface area contributed by atoms with Gasteiger partial charge in [-0.25, -0.2) is 0 Å². The maximum atomic E-state index is 12.2. The molecule has 4 heteroatoms. The summed E-state index contributed by atoms with van der Waals surface area (Å²) >= 11 is 0. The summed E-state index contributed by atoms with van der Waals surface area (Å²) in [5.74, 6) is 0.0369. The van der Waals surface area contributed by atoms with Crippen LogP contribution in [0.4, 0.5) is 0 Å². The van der Waals surface area contributed by atoms with E-state index in [0.717, 1.165) is 19.4 Å². The van der Waals surface area contributed by atoms with E-state index in [-0.39, 0.29) is 24.6 Å². The van der Waals surface area contributed by atoms with Crippen LogP contribution >= 0.6 is 0 Å². The zero-order valence-electron chi connectivity index (χ0n) is 11.4. The molecule has 0 bridgehead atoms. The van der Waals surface area contributed by atoms with Gasteiger partial charge in [0.05, 0.1) is 6.04 Å². The average Bonchev–Trinajstić information content (AvgIpc) is 2.46. The number of fused-ring (bicyclic) bond motifs is 1. The zero-order valence-corrected chi connectivity index (χ0v) is 11.4. The fourth-order valence-corrected chi connectivity index (χ4v) is 2.48. The number of hydrogen-bond acceptors (Lipinski definition) is 3. The molecule has 0 aromatic heterocycles. The number of aliphatic hydroxyl groups is 1. The summed E-state index contributed by atoms with van der Waals surface area (Å²) in [5, 5.41) is 15.2. The Hall–Kier alpha value is -1.39. The lowest BCUT2D eigenvalue weighted by atomic mass is 9.95. The van der Waals surface area contributed by atoms with E-state index in [2.05, 4.69) is 22.8 Å². The van der Waals surface area contributed by atoms with Crippen molar-refractivity contribution >= 4 is 5.91 Å². The summed E-state index contributed by atoms with van der Waals surface area (Å²) in [6.45, 7) is 2.87. The van der Waals surface area contributed by atoms with Crippen molar-refractivity contribution in [3.05, 3.63) is 35.4 Å². The number of benzene rings is 1. The van der Waals surface area contributed by atoms with Gasteiger partial charge in [-0.1, -0.05) is 31.2 Å². The van der Waals surface area contributed by atoms with E-state index in [0.29, 0.717) is 6.42 Å². The number of aliphatic hydroxyl groups excluding tert-OH is 1. The Morgan fingerprint density at radius 3 is 2.89 bits per heavy atom. The third-order valence-electron chi connectivity index (χ3n) is 3.71. The predicted octanol–water partition coefficient (Wildman–Crippen LogP) is 0.978. The van der Waals surface area contributed by atoms with Gasteiger partial charge in [-0.05, 0) is 30.4 Å². The van der Waals surface area contributed by atoms with Gasteiger partial charge in [0.15, 0.2) is 0 Å². The van der Waals surface area contributed by atoms with Crippen molar-refractivity contribution in [3.63, 3.8) is 0 Å². The van der Waals surface area contributed by atoms with Crippen molar-refractivity contribution in [3.8, 4) is 0 Å². The molecule has 1 unspecified atom stereocenters. The lowest BCUT2D eigenvalue weighted by Crippen LogP contribution is -2.50. The van der Waals surface area contributed by atoms with Gasteiger partial charge in [-0.2, -0.15) is 0 Å². The Morgan fingerprint density at radius 2 is 2.21 bits per heavy atom. The minimum Gasteiger partial charge on any atom is -0.396 e. The third kappa shape index (κ3) is 3.55. The van der Waals surface area contributed by atoms with Gasteiger partial charge in [0, 0.05) is 19.2 Å². The van der Waals surface area contributed by atoms with Crippen molar-refractivity contribution in [2.75, 3.05) is 6.61 Å². The Bertz CT molecular complexity index is 434. The molecule has 0 radical (unpaired) electrons. The molecule has 0 saturated heterocycles. The average molecular weight is 262 g/mol. The highest BCUT2D eigenvalue weighted by Gasteiger charge is 2.24. The van der Waals surface area contributed by atoms with E-state index in [4.69, 9.17) is 5.11 Å². The fourth-order valence-electron chi connectivity index (χ4n) is 2.48. The number of carbonyl (C=O) groups excluding carboxylic acids is 1. The SMILES string of the molecule is CCC(CCO)NC(=O)[C@H]1Cc2ccccc2CN1. The van der Waals surface area contributed by atoms with Gasteiger partial charge in [-0.3, -0.25) is 4.79 Å². The summed E-state index contributed by atoms with van der Waals surface area (Å²) in [7, 11) is 0. The lowest BCUT2D eigenvalue weighted by molar-refractivity contribution is -0.124. The molecule has 0 fully saturated rings. The van der Waals surface area contributed by atoms with Crippen LogP contribution in [-0.2, 0) is 17.8 Å². The molecule has 1 aromatic carbocycles. The smallest absolute Gasteiger partial charge is 0.237 e. The molecule has 2 atom stereocenters. The Balaban J connectivity index is 1.95. The molecule has 3 N–H and O–H groups in total. The minimum absolute atomic E-state index is 0.0369. The molecule has 1 aromatic rings. The Labute approximate surface area is 114 Å². The number of nitrogens with one attached hydrogen (secondary N) is 2. The zero-order chi connectivity index (χ0) is 13.7. The topological polar surface area (TPSA) is 61.4 Å². The largest absolute Gasteiger partial charge is 0.396 e. The molecule has 0 spiro atoms.